The molecular formula is C67H71BN2O. The summed E-state index contributed by atoms with van der Waals surface area (Å²) in [6.45, 7) is 7.22. The van der Waals surface area contributed by atoms with E-state index < -0.39 is 0 Å². The number of benzene rings is 6. The van der Waals surface area contributed by atoms with Crippen molar-refractivity contribution in [3.8, 4) is 11.1 Å². The molecule has 7 aromatic rings. The molecule has 71 heavy (non-hydrogen) atoms. The van der Waals surface area contributed by atoms with Crippen molar-refractivity contribution >= 4 is 68.4 Å². The number of fused-ring (bicyclic) bond motifs is 9. The first kappa shape index (κ1) is 43.1. The van der Waals surface area contributed by atoms with Crippen LogP contribution in [0.3, 0.4) is 0 Å². The van der Waals surface area contributed by atoms with Gasteiger partial charge in [-0.15, -0.1) is 0 Å². The number of hydrogen-bond acceptors (Lipinski definition) is 3. The maximum absolute atomic E-state index is 7.66. The Morgan fingerprint density at radius 2 is 1.08 bits per heavy atom. The third-order valence-corrected chi connectivity index (χ3v) is 20.3. The molecule has 2 bridgehead atoms. The number of rotatable bonds is 5. The maximum Gasteiger partial charge on any atom is 0.297 e. The van der Waals surface area contributed by atoms with Gasteiger partial charge in [0, 0.05) is 39.1 Å². The Morgan fingerprint density at radius 3 is 1.75 bits per heavy atom. The van der Waals surface area contributed by atoms with Gasteiger partial charge in [-0.2, -0.15) is 0 Å². The maximum atomic E-state index is 7.66. The van der Waals surface area contributed by atoms with Crippen molar-refractivity contribution in [3.05, 3.63) is 149 Å². The van der Waals surface area contributed by atoms with Crippen molar-refractivity contribution in [1.82, 2.24) is 0 Å². The fourth-order valence-electron chi connectivity index (χ4n) is 17.0. The van der Waals surface area contributed by atoms with E-state index in [-0.39, 0.29) is 17.5 Å². The zero-order chi connectivity index (χ0) is 47.2. The molecule has 0 amide bonds. The zero-order valence-electron chi connectivity index (χ0n) is 42.7. The number of furan rings is 1. The summed E-state index contributed by atoms with van der Waals surface area (Å²) in [6.07, 6.45) is 25.2. The van der Waals surface area contributed by atoms with Gasteiger partial charge in [0.05, 0.1) is 17.0 Å². The summed E-state index contributed by atoms with van der Waals surface area (Å²) in [6, 6.07) is 47.4. The molecule has 3 heterocycles. The monoisotopic (exact) mass is 931 g/mol. The van der Waals surface area contributed by atoms with Gasteiger partial charge in [0.15, 0.2) is 0 Å². The molecule has 0 atom stereocenters. The van der Waals surface area contributed by atoms with Crippen LogP contribution in [0.4, 0.5) is 34.1 Å². The Labute approximate surface area is 423 Å². The lowest BCUT2D eigenvalue weighted by atomic mass is 9.35. The van der Waals surface area contributed by atoms with Gasteiger partial charge in [0.25, 0.3) is 6.71 Å². The second kappa shape index (κ2) is 16.3. The summed E-state index contributed by atoms with van der Waals surface area (Å²) < 4.78 is 7.66. The highest BCUT2D eigenvalue weighted by atomic mass is 16.3. The molecule has 2 aliphatic heterocycles. The van der Waals surface area contributed by atoms with Crippen LogP contribution in [0.5, 0.6) is 0 Å². The van der Waals surface area contributed by atoms with Gasteiger partial charge >= 0.3 is 0 Å². The second-order valence-corrected chi connectivity index (χ2v) is 24.9. The van der Waals surface area contributed by atoms with Crippen molar-refractivity contribution in [1.29, 1.82) is 0 Å². The molecule has 6 aliphatic carbocycles. The Hall–Kier alpha value is -5.48. The lowest BCUT2D eigenvalue weighted by molar-refractivity contribution is 0.400. The third kappa shape index (κ3) is 6.34. The lowest BCUT2D eigenvalue weighted by Crippen LogP contribution is -2.61. The van der Waals surface area contributed by atoms with Crippen LogP contribution in [0, 0.1) is 11.8 Å². The summed E-state index contributed by atoms with van der Waals surface area (Å²) >= 11 is 0. The summed E-state index contributed by atoms with van der Waals surface area (Å²) in [5.41, 5.74) is 24.7. The van der Waals surface area contributed by atoms with Gasteiger partial charge in [-0.1, -0.05) is 145 Å². The van der Waals surface area contributed by atoms with Crippen molar-refractivity contribution in [3.63, 3.8) is 0 Å². The quantitative estimate of drug-likeness (QED) is 0.160. The molecule has 4 heteroatoms. The van der Waals surface area contributed by atoms with Crippen molar-refractivity contribution in [2.24, 2.45) is 11.8 Å². The van der Waals surface area contributed by atoms with Crippen LogP contribution in [0.25, 0.3) is 22.1 Å². The predicted molar refractivity (Wildman–Crippen MR) is 298 cm³/mol. The van der Waals surface area contributed by atoms with E-state index in [0.29, 0.717) is 29.6 Å². The summed E-state index contributed by atoms with van der Waals surface area (Å²) in [7, 11) is 0. The molecule has 5 fully saturated rings. The van der Waals surface area contributed by atoms with Gasteiger partial charge < -0.3 is 14.2 Å². The van der Waals surface area contributed by atoms with E-state index in [0.717, 1.165) is 11.2 Å². The average molecular weight is 931 g/mol. The summed E-state index contributed by atoms with van der Waals surface area (Å²) in [5.74, 6) is 3.26. The van der Waals surface area contributed by atoms with Crippen molar-refractivity contribution in [2.45, 2.75) is 171 Å². The molecule has 1 aromatic heterocycles. The smallest absolute Gasteiger partial charge is 0.297 e. The SMILES string of the molecule is CC(C)(C)c1cc2c3c(c1)N(c1cccc4c1-c1ccccc1C41C4CCC1CC4)c1c(oc4ccc(C5CCCCC5)cc14)B3c1cc(C3CCCCC3)ccc1N2c1ccc(C2CCCCC2)cc1. The van der Waals surface area contributed by atoms with E-state index in [1.165, 1.54) is 206 Å². The number of anilines is 6. The highest BCUT2D eigenvalue weighted by Crippen LogP contribution is 2.69. The standard InChI is InChI=1S/C67H71BN2O/c1-66(2,3)50-40-59-63-60(41-50)70(58-25-15-24-55-62(58)52-22-13-14-23-54(52)67(55)48-30-31-49(67)33-32-48)64-53-38-46(43-18-9-5-10-19-43)29-37-61(53)71-65(64)68(63)56-39-47(44-20-11-6-12-21-44)28-36-57(56)69(59)51-34-26-45(27-35-51)42-16-7-4-8-17-42/h13-15,22-29,34-44,48-49H,4-12,16-21,30-33H2,1-3H3. The molecule has 1 spiro atoms. The molecule has 358 valence electrons. The first-order valence-electron chi connectivity index (χ1n) is 28.7. The molecule has 15 rings (SSSR count). The molecule has 0 saturated heterocycles. The van der Waals surface area contributed by atoms with Crippen molar-refractivity contribution < 1.29 is 4.42 Å². The van der Waals surface area contributed by atoms with Crippen LogP contribution >= 0.6 is 0 Å². The van der Waals surface area contributed by atoms with E-state index in [1.807, 2.05) is 0 Å². The molecule has 8 aliphatic rings. The highest BCUT2D eigenvalue weighted by molar-refractivity contribution is 7.00. The minimum absolute atomic E-state index is 0.0526. The minimum Gasteiger partial charge on any atom is -0.468 e. The van der Waals surface area contributed by atoms with Crippen LogP contribution in [-0.2, 0) is 10.8 Å². The fourth-order valence-corrected chi connectivity index (χ4v) is 17.0. The minimum atomic E-state index is -0.0977. The van der Waals surface area contributed by atoms with Gasteiger partial charge in [0.2, 0.25) is 0 Å². The Kier molecular flexibility index (Phi) is 9.88. The van der Waals surface area contributed by atoms with E-state index in [2.05, 4.69) is 146 Å². The van der Waals surface area contributed by atoms with Gasteiger partial charge in [-0.05, 0) is 198 Å². The topological polar surface area (TPSA) is 19.6 Å². The van der Waals surface area contributed by atoms with Crippen molar-refractivity contribution in [2.75, 3.05) is 9.80 Å². The van der Waals surface area contributed by atoms with Gasteiger partial charge in [-0.3, -0.25) is 0 Å². The average Bonchev–Trinajstić information content (AvgIpc) is 4.18. The zero-order valence-corrected chi connectivity index (χ0v) is 42.7. The number of hydrogen-bond donors (Lipinski definition) is 0. The Morgan fingerprint density at radius 1 is 0.507 bits per heavy atom. The van der Waals surface area contributed by atoms with E-state index >= 15 is 0 Å². The first-order valence-corrected chi connectivity index (χ1v) is 28.7. The van der Waals surface area contributed by atoms with Crippen LogP contribution in [0.15, 0.2) is 120 Å². The van der Waals surface area contributed by atoms with Crippen LogP contribution < -0.4 is 26.4 Å². The molecule has 0 radical (unpaired) electrons. The molecular weight excluding hydrogens is 860 g/mol. The van der Waals surface area contributed by atoms with Gasteiger partial charge in [0.1, 0.15) is 5.58 Å². The van der Waals surface area contributed by atoms with Gasteiger partial charge in [-0.25, -0.2) is 0 Å². The van der Waals surface area contributed by atoms with E-state index in [9.17, 15) is 0 Å². The first-order chi connectivity index (χ1) is 34.8. The molecule has 6 aromatic carbocycles. The Balaban J connectivity index is 1.03. The fraction of sp³-hybridized carbons (Fsp3) is 0.433. The Bertz CT molecular complexity index is 3220. The van der Waals surface area contributed by atoms with E-state index in [4.69, 9.17) is 4.42 Å². The van der Waals surface area contributed by atoms with Crippen LogP contribution in [0.2, 0.25) is 0 Å². The largest absolute Gasteiger partial charge is 0.468 e. The normalized spacial score (nSPS) is 23.8. The van der Waals surface area contributed by atoms with E-state index in [1.54, 1.807) is 11.1 Å². The second-order valence-electron chi connectivity index (χ2n) is 24.9. The molecule has 3 nitrogen and oxygen atoms in total. The molecule has 5 saturated carbocycles. The lowest BCUT2D eigenvalue weighted by Gasteiger charge is -2.44. The number of nitrogens with zero attached hydrogens (tertiary/aromatic N) is 2. The summed E-state index contributed by atoms with van der Waals surface area (Å²) in [5, 5.41) is 1.28. The predicted octanol–water partition coefficient (Wildman–Crippen LogP) is 17.0. The molecule has 0 N–H and O–H groups in total. The highest BCUT2D eigenvalue weighted by Gasteiger charge is 2.60. The van der Waals surface area contributed by atoms with Crippen LogP contribution in [-0.4, -0.2) is 6.71 Å². The third-order valence-electron chi connectivity index (χ3n) is 20.3. The van der Waals surface area contributed by atoms with Crippen LogP contribution in [0.1, 0.15) is 194 Å². The summed E-state index contributed by atoms with van der Waals surface area (Å²) in [4.78, 5) is 5.46. The molecule has 0 unspecified atom stereocenters.